The Hall–Kier alpha value is -2.83. The molecule has 2 aliphatic rings. The number of carboxylic acids is 1. The molecule has 27 heavy (non-hydrogen) atoms. The molecule has 0 atom stereocenters. The summed E-state index contributed by atoms with van der Waals surface area (Å²) in [5.41, 5.74) is 2.22. The second kappa shape index (κ2) is 7.82. The van der Waals surface area contributed by atoms with Crippen molar-refractivity contribution in [3.63, 3.8) is 0 Å². The summed E-state index contributed by atoms with van der Waals surface area (Å²) in [5.74, 6) is 0.457. The Bertz CT molecular complexity index is 781. The number of piperidine rings is 1. The lowest BCUT2D eigenvalue weighted by molar-refractivity contribution is -0.142. The number of carboxylic acid groups (broad SMARTS) is 1. The first kappa shape index (κ1) is 17.6. The van der Waals surface area contributed by atoms with Crippen molar-refractivity contribution in [1.29, 1.82) is 0 Å². The van der Waals surface area contributed by atoms with E-state index in [0.29, 0.717) is 31.9 Å². The number of benzene rings is 1. The minimum absolute atomic E-state index is 0.241. The van der Waals surface area contributed by atoms with E-state index in [0.717, 1.165) is 24.6 Å². The summed E-state index contributed by atoms with van der Waals surface area (Å²) in [7, 11) is 0. The van der Waals surface area contributed by atoms with Crippen LogP contribution in [0.5, 0.6) is 0 Å². The van der Waals surface area contributed by atoms with Gasteiger partial charge in [0, 0.05) is 43.8 Å². The lowest BCUT2D eigenvalue weighted by atomic mass is 9.97. The van der Waals surface area contributed by atoms with Gasteiger partial charge in [-0.15, -0.1) is 0 Å². The molecule has 4 rings (SSSR count). The fourth-order valence-electron chi connectivity index (χ4n) is 3.80. The molecule has 1 aromatic heterocycles. The molecule has 0 radical (unpaired) electrons. The topological polar surface area (TPSA) is 81.6 Å². The zero-order valence-corrected chi connectivity index (χ0v) is 15.3. The second-order valence-electron chi connectivity index (χ2n) is 7.20. The van der Waals surface area contributed by atoms with Crippen LogP contribution >= 0.6 is 0 Å². The molecule has 0 unspecified atom stereocenters. The molecule has 2 aliphatic heterocycles. The van der Waals surface area contributed by atoms with E-state index >= 15 is 0 Å². The van der Waals surface area contributed by atoms with Crippen molar-refractivity contribution in [3.8, 4) is 0 Å². The molecule has 0 amide bonds. The molecule has 0 bridgehead atoms. The van der Waals surface area contributed by atoms with Gasteiger partial charge in [0.05, 0.1) is 5.92 Å². The average molecular weight is 367 g/mol. The highest BCUT2D eigenvalue weighted by Crippen LogP contribution is 2.25. The van der Waals surface area contributed by atoms with Crippen LogP contribution in [0.15, 0.2) is 36.5 Å². The highest BCUT2D eigenvalue weighted by atomic mass is 16.4. The van der Waals surface area contributed by atoms with Gasteiger partial charge in [-0.2, -0.15) is 4.98 Å². The Morgan fingerprint density at radius 3 is 2.37 bits per heavy atom. The number of anilines is 4. The van der Waals surface area contributed by atoms with E-state index in [9.17, 15) is 4.79 Å². The summed E-state index contributed by atoms with van der Waals surface area (Å²) in [5, 5.41) is 12.4. The first-order valence-corrected chi connectivity index (χ1v) is 9.62. The second-order valence-corrected chi connectivity index (χ2v) is 7.20. The van der Waals surface area contributed by atoms with Crippen molar-refractivity contribution in [3.05, 3.63) is 36.5 Å². The van der Waals surface area contributed by atoms with Crippen LogP contribution in [0.4, 0.5) is 23.1 Å². The van der Waals surface area contributed by atoms with Gasteiger partial charge in [0.15, 0.2) is 0 Å². The quantitative estimate of drug-likeness (QED) is 0.840. The number of nitrogens with zero attached hydrogens (tertiary/aromatic N) is 4. The number of aliphatic carboxylic acids is 1. The third-order valence-corrected chi connectivity index (χ3v) is 5.40. The van der Waals surface area contributed by atoms with Crippen molar-refractivity contribution in [2.75, 3.05) is 41.3 Å². The van der Waals surface area contributed by atoms with Gasteiger partial charge in [-0.25, -0.2) is 4.98 Å². The molecular weight excluding hydrogens is 342 g/mol. The van der Waals surface area contributed by atoms with E-state index in [1.165, 1.54) is 18.5 Å². The van der Waals surface area contributed by atoms with Crippen molar-refractivity contribution in [1.82, 2.24) is 9.97 Å². The highest BCUT2D eigenvalue weighted by molar-refractivity contribution is 5.70. The fraction of sp³-hybridized carbons (Fsp3) is 0.450. The summed E-state index contributed by atoms with van der Waals surface area (Å²) in [4.78, 5) is 24.6. The molecule has 3 heterocycles. The van der Waals surface area contributed by atoms with Crippen molar-refractivity contribution in [2.45, 2.75) is 25.7 Å². The maximum atomic E-state index is 11.1. The Kier molecular flexibility index (Phi) is 5.09. The van der Waals surface area contributed by atoms with E-state index in [1.54, 1.807) is 6.20 Å². The van der Waals surface area contributed by atoms with Crippen LogP contribution in [0.3, 0.4) is 0 Å². The van der Waals surface area contributed by atoms with E-state index in [-0.39, 0.29) is 5.92 Å². The molecule has 7 heteroatoms. The zero-order chi connectivity index (χ0) is 18.6. The van der Waals surface area contributed by atoms with Crippen LogP contribution in [0, 0.1) is 5.92 Å². The van der Waals surface area contributed by atoms with Crippen molar-refractivity contribution < 1.29 is 9.90 Å². The first-order valence-electron chi connectivity index (χ1n) is 9.62. The van der Waals surface area contributed by atoms with Crippen molar-refractivity contribution >= 4 is 29.1 Å². The minimum Gasteiger partial charge on any atom is -0.481 e. The lowest BCUT2D eigenvalue weighted by Crippen LogP contribution is -2.36. The molecule has 2 fully saturated rings. The molecule has 142 valence electrons. The maximum Gasteiger partial charge on any atom is 0.306 e. The molecule has 2 aromatic rings. The monoisotopic (exact) mass is 367 g/mol. The standard InChI is InChI=1S/C20H25N5O2/c26-19(27)15-8-13-25(14-9-15)18-7-10-21-20(23-18)22-16-3-5-17(6-4-16)24-11-1-2-12-24/h3-7,10,15H,1-2,8-9,11-14H2,(H,26,27)(H,21,22,23). The van der Waals surface area contributed by atoms with Crippen LogP contribution < -0.4 is 15.1 Å². The van der Waals surface area contributed by atoms with Crippen LogP contribution in [0.2, 0.25) is 0 Å². The normalized spacial score (nSPS) is 17.9. The molecule has 2 saturated heterocycles. The van der Waals surface area contributed by atoms with Gasteiger partial charge in [0.2, 0.25) is 5.95 Å². The summed E-state index contributed by atoms with van der Waals surface area (Å²) in [6, 6.07) is 10.3. The third kappa shape index (κ3) is 4.13. The van der Waals surface area contributed by atoms with E-state index in [2.05, 4.69) is 49.4 Å². The maximum absolute atomic E-state index is 11.1. The van der Waals surface area contributed by atoms with E-state index < -0.39 is 5.97 Å². The number of hydrogen-bond acceptors (Lipinski definition) is 6. The number of rotatable bonds is 5. The number of nitrogens with one attached hydrogen (secondary N) is 1. The van der Waals surface area contributed by atoms with Crippen LogP contribution in [0.25, 0.3) is 0 Å². The Balaban J connectivity index is 1.40. The lowest BCUT2D eigenvalue weighted by Gasteiger charge is -2.31. The van der Waals surface area contributed by atoms with Gasteiger partial charge in [-0.1, -0.05) is 0 Å². The SMILES string of the molecule is O=C(O)C1CCN(c2ccnc(Nc3ccc(N4CCCC4)cc3)n2)CC1. The van der Waals surface area contributed by atoms with Crippen LogP contribution in [-0.4, -0.2) is 47.2 Å². The van der Waals surface area contributed by atoms with Crippen LogP contribution in [-0.2, 0) is 4.79 Å². The number of aromatic nitrogens is 2. The fourth-order valence-corrected chi connectivity index (χ4v) is 3.80. The Labute approximate surface area is 159 Å². The van der Waals surface area contributed by atoms with Gasteiger partial charge in [-0.05, 0) is 56.0 Å². The van der Waals surface area contributed by atoms with Gasteiger partial charge in [0.25, 0.3) is 0 Å². The smallest absolute Gasteiger partial charge is 0.306 e. The zero-order valence-electron chi connectivity index (χ0n) is 15.3. The average Bonchev–Trinajstić information content (AvgIpc) is 3.24. The van der Waals surface area contributed by atoms with Gasteiger partial charge < -0.3 is 20.2 Å². The van der Waals surface area contributed by atoms with Crippen molar-refractivity contribution in [2.24, 2.45) is 5.92 Å². The molecule has 7 nitrogen and oxygen atoms in total. The van der Waals surface area contributed by atoms with Gasteiger partial charge >= 0.3 is 5.97 Å². The third-order valence-electron chi connectivity index (χ3n) is 5.40. The van der Waals surface area contributed by atoms with Gasteiger partial charge in [-0.3, -0.25) is 4.79 Å². The van der Waals surface area contributed by atoms with E-state index in [1.807, 2.05) is 6.07 Å². The molecule has 1 aromatic carbocycles. The first-order chi connectivity index (χ1) is 13.2. The Morgan fingerprint density at radius 2 is 1.70 bits per heavy atom. The molecule has 0 aliphatic carbocycles. The minimum atomic E-state index is -0.697. The van der Waals surface area contributed by atoms with Gasteiger partial charge in [0.1, 0.15) is 5.82 Å². The Morgan fingerprint density at radius 1 is 1.00 bits per heavy atom. The summed E-state index contributed by atoms with van der Waals surface area (Å²) < 4.78 is 0. The predicted molar refractivity (Wildman–Crippen MR) is 106 cm³/mol. The highest BCUT2D eigenvalue weighted by Gasteiger charge is 2.25. The molecule has 0 saturated carbocycles. The summed E-state index contributed by atoms with van der Waals surface area (Å²) in [6.07, 6.45) is 5.58. The molecule has 2 N–H and O–H groups in total. The molecular formula is C20H25N5O2. The summed E-state index contributed by atoms with van der Waals surface area (Å²) >= 11 is 0. The predicted octanol–water partition coefficient (Wildman–Crippen LogP) is 3.12. The number of carbonyl (C=O) groups is 1. The molecule has 0 spiro atoms. The van der Waals surface area contributed by atoms with E-state index in [4.69, 9.17) is 5.11 Å². The number of hydrogen-bond donors (Lipinski definition) is 2. The van der Waals surface area contributed by atoms with Crippen LogP contribution in [0.1, 0.15) is 25.7 Å². The largest absolute Gasteiger partial charge is 0.481 e. The summed E-state index contributed by atoms with van der Waals surface area (Å²) in [6.45, 7) is 3.68.